The van der Waals surface area contributed by atoms with Crippen LogP contribution in [0.5, 0.6) is 0 Å². The summed E-state index contributed by atoms with van der Waals surface area (Å²) in [5, 5.41) is 7.77. The molecular weight excluding hydrogens is 242 g/mol. The largest absolute Gasteiger partial charge is 0.379 e. The van der Waals surface area contributed by atoms with Gasteiger partial charge in [0.1, 0.15) is 0 Å². The molecule has 0 bridgehead atoms. The SMILES string of the molecule is CCCn1nccc1CNc1cccc(SC)c1. The topological polar surface area (TPSA) is 29.9 Å². The molecule has 0 aliphatic carbocycles. The maximum atomic E-state index is 4.32. The lowest BCUT2D eigenvalue weighted by molar-refractivity contribution is 0.578. The van der Waals surface area contributed by atoms with Crippen LogP contribution < -0.4 is 5.32 Å². The first kappa shape index (κ1) is 13.0. The van der Waals surface area contributed by atoms with E-state index in [-0.39, 0.29) is 0 Å². The molecule has 96 valence electrons. The van der Waals surface area contributed by atoms with Crippen LogP contribution in [0.1, 0.15) is 19.0 Å². The molecule has 0 spiro atoms. The van der Waals surface area contributed by atoms with E-state index in [1.165, 1.54) is 10.6 Å². The third-order valence-corrected chi connectivity index (χ3v) is 3.51. The van der Waals surface area contributed by atoms with Gasteiger partial charge in [-0.3, -0.25) is 4.68 Å². The normalized spacial score (nSPS) is 10.6. The number of nitrogens with one attached hydrogen (secondary N) is 1. The number of aryl methyl sites for hydroxylation is 1. The summed E-state index contributed by atoms with van der Waals surface area (Å²) in [6, 6.07) is 10.5. The van der Waals surface area contributed by atoms with E-state index in [2.05, 4.69) is 58.6 Å². The second-order valence-corrected chi connectivity index (χ2v) is 5.01. The van der Waals surface area contributed by atoms with Crippen LogP contribution in [0.25, 0.3) is 0 Å². The van der Waals surface area contributed by atoms with E-state index in [4.69, 9.17) is 0 Å². The Morgan fingerprint density at radius 2 is 2.22 bits per heavy atom. The summed E-state index contributed by atoms with van der Waals surface area (Å²) in [4.78, 5) is 1.28. The lowest BCUT2D eigenvalue weighted by Crippen LogP contribution is -2.08. The molecule has 1 aromatic carbocycles. The zero-order chi connectivity index (χ0) is 12.8. The maximum absolute atomic E-state index is 4.32. The van der Waals surface area contributed by atoms with Crippen molar-refractivity contribution in [2.24, 2.45) is 0 Å². The van der Waals surface area contributed by atoms with Crippen molar-refractivity contribution in [1.82, 2.24) is 9.78 Å². The third kappa shape index (κ3) is 3.29. The highest BCUT2D eigenvalue weighted by molar-refractivity contribution is 7.98. The van der Waals surface area contributed by atoms with Crippen molar-refractivity contribution in [3.8, 4) is 0 Å². The van der Waals surface area contributed by atoms with Crippen LogP contribution in [0.15, 0.2) is 41.4 Å². The van der Waals surface area contributed by atoms with Crippen LogP contribution in [0, 0.1) is 0 Å². The van der Waals surface area contributed by atoms with Crippen LogP contribution in [0.2, 0.25) is 0 Å². The summed E-state index contributed by atoms with van der Waals surface area (Å²) in [6.07, 6.45) is 5.07. The van der Waals surface area contributed by atoms with Gasteiger partial charge in [-0.05, 0) is 36.9 Å². The lowest BCUT2D eigenvalue weighted by Gasteiger charge is -2.09. The fraction of sp³-hybridized carbons (Fsp3) is 0.357. The Morgan fingerprint density at radius 3 is 3.00 bits per heavy atom. The van der Waals surface area contributed by atoms with Crippen molar-refractivity contribution in [3.63, 3.8) is 0 Å². The molecule has 2 aromatic rings. The first-order chi connectivity index (χ1) is 8.83. The predicted octanol–water partition coefficient (Wildman–Crippen LogP) is 3.63. The second kappa shape index (κ2) is 6.50. The van der Waals surface area contributed by atoms with Gasteiger partial charge in [0, 0.05) is 23.3 Å². The van der Waals surface area contributed by atoms with Crippen LogP contribution in [0.4, 0.5) is 5.69 Å². The van der Waals surface area contributed by atoms with Gasteiger partial charge in [0.25, 0.3) is 0 Å². The smallest absolute Gasteiger partial charge is 0.0575 e. The molecular formula is C14H19N3S. The van der Waals surface area contributed by atoms with Crippen LogP contribution in [0.3, 0.4) is 0 Å². The lowest BCUT2D eigenvalue weighted by atomic mass is 10.3. The number of hydrogen-bond donors (Lipinski definition) is 1. The Balaban J connectivity index is 1.99. The average molecular weight is 261 g/mol. The monoisotopic (exact) mass is 261 g/mol. The Kier molecular flexibility index (Phi) is 4.70. The van der Waals surface area contributed by atoms with Crippen molar-refractivity contribution < 1.29 is 0 Å². The zero-order valence-corrected chi connectivity index (χ0v) is 11.7. The molecule has 3 nitrogen and oxygen atoms in total. The van der Waals surface area contributed by atoms with E-state index in [9.17, 15) is 0 Å². The molecule has 2 rings (SSSR count). The summed E-state index contributed by atoms with van der Waals surface area (Å²) in [5.74, 6) is 0. The van der Waals surface area contributed by atoms with Gasteiger partial charge in [0.2, 0.25) is 0 Å². The van der Waals surface area contributed by atoms with Crippen molar-refractivity contribution in [2.45, 2.75) is 31.3 Å². The van der Waals surface area contributed by atoms with Crippen molar-refractivity contribution in [1.29, 1.82) is 0 Å². The molecule has 0 unspecified atom stereocenters. The van der Waals surface area contributed by atoms with E-state index in [1.807, 2.05) is 6.20 Å². The first-order valence-electron chi connectivity index (χ1n) is 6.22. The van der Waals surface area contributed by atoms with Crippen molar-refractivity contribution in [3.05, 3.63) is 42.2 Å². The van der Waals surface area contributed by atoms with E-state index >= 15 is 0 Å². The summed E-state index contributed by atoms with van der Waals surface area (Å²) in [6.45, 7) is 3.97. The van der Waals surface area contributed by atoms with E-state index < -0.39 is 0 Å². The zero-order valence-electron chi connectivity index (χ0n) is 10.9. The molecule has 0 saturated heterocycles. The predicted molar refractivity (Wildman–Crippen MR) is 78.1 cm³/mol. The highest BCUT2D eigenvalue weighted by Crippen LogP contribution is 2.19. The van der Waals surface area contributed by atoms with Gasteiger partial charge in [-0.25, -0.2) is 0 Å². The van der Waals surface area contributed by atoms with Gasteiger partial charge in [0.05, 0.1) is 12.2 Å². The van der Waals surface area contributed by atoms with Gasteiger partial charge < -0.3 is 5.32 Å². The third-order valence-electron chi connectivity index (χ3n) is 2.78. The molecule has 0 aliphatic heterocycles. The van der Waals surface area contributed by atoms with E-state index in [0.29, 0.717) is 0 Å². The number of nitrogens with zero attached hydrogens (tertiary/aromatic N) is 2. The molecule has 0 aliphatic rings. The average Bonchev–Trinajstić information content (AvgIpc) is 2.85. The van der Waals surface area contributed by atoms with Gasteiger partial charge in [-0.1, -0.05) is 13.0 Å². The molecule has 18 heavy (non-hydrogen) atoms. The quantitative estimate of drug-likeness (QED) is 0.805. The van der Waals surface area contributed by atoms with E-state index in [0.717, 1.165) is 25.2 Å². The number of rotatable bonds is 6. The molecule has 0 amide bonds. The number of anilines is 1. The summed E-state index contributed by atoms with van der Waals surface area (Å²) in [5.41, 5.74) is 2.39. The maximum Gasteiger partial charge on any atom is 0.0575 e. The highest BCUT2D eigenvalue weighted by atomic mass is 32.2. The Hall–Kier alpha value is -1.42. The van der Waals surface area contributed by atoms with Crippen LogP contribution in [-0.2, 0) is 13.1 Å². The van der Waals surface area contributed by atoms with Crippen LogP contribution >= 0.6 is 11.8 Å². The van der Waals surface area contributed by atoms with Crippen molar-refractivity contribution >= 4 is 17.4 Å². The van der Waals surface area contributed by atoms with Gasteiger partial charge in [0.15, 0.2) is 0 Å². The summed E-state index contributed by atoms with van der Waals surface area (Å²) >= 11 is 1.76. The number of aromatic nitrogens is 2. The van der Waals surface area contributed by atoms with Crippen LogP contribution in [-0.4, -0.2) is 16.0 Å². The number of benzene rings is 1. The molecule has 0 saturated carbocycles. The van der Waals surface area contributed by atoms with Gasteiger partial charge in [-0.15, -0.1) is 11.8 Å². The summed E-state index contributed by atoms with van der Waals surface area (Å²) in [7, 11) is 0. The second-order valence-electron chi connectivity index (χ2n) is 4.13. The van der Waals surface area contributed by atoms with Gasteiger partial charge in [-0.2, -0.15) is 5.10 Å². The Morgan fingerprint density at radius 1 is 1.33 bits per heavy atom. The molecule has 1 aromatic heterocycles. The first-order valence-corrected chi connectivity index (χ1v) is 7.44. The minimum absolute atomic E-state index is 0.817. The fourth-order valence-corrected chi connectivity index (χ4v) is 2.31. The fourth-order valence-electron chi connectivity index (χ4n) is 1.85. The molecule has 4 heteroatoms. The Bertz CT molecular complexity index is 493. The molecule has 0 fully saturated rings. The molecule has 0 radical (unpaired) electrons. The Labute approximate surface area is 113 Å². The summed E-state index contributed by atoms with van der Waals surface area (Å²) < 4.78 is 2.06. The molecule has 1 heterocycles. The standard InChI is InChI=1S/C14H19N3S/c1-3-9-17-13(7-8-16-17)11-15-12-5-4-6-14(10-12)18-2/h4-8,10,15H,3,9,11H2,1-2H3. The van der Waals surface area contributed by atoms with Gasteiger partial charge >= 0.3 is 0 Å². The van der Waals surface area contributed by atoms with E-state index in [1.54, 1.807) is 11.8 Å². The minimum atomic E-state index is 0.817. The number of thioether (sulfide) groups is 1. The molecule has 0 atom stereocenters. The number of hydrogen-bond acceptors (Lipinski definition) is 3. The minimum Gasteiger partial charge on any atom is -0.379 e. The van der Waals surface area contributed by atoms with Crippen molar-refractivity contribution in [2.75, 3.05) is 11.6 Å². The highest BCUT2D eigenvalue weighted by Gasteiger charge is 2.01. The molecule has 1 N–H and O–H groups in total.